The van der Waals surface area contributed by atoms with Crippen LogP contribution in [-0.2, 0) is 6.42 Å². The van der Waals surface area contributed by atoms with Crippen LogP contribution >= 0.6 is 0 Å². The SMILES string of the molecule is C=C(CC)N1CCc2cc(-c3ccc(C=O)cc3)ccc21.CNCC1CNC1. The third-order valence-corrected chi connectivity index (χ3v) is 5.50. The van der Waals surface area contributed by atoms with Gasteiger partial charge in [-0.15, -0.1) is 0 Å². The average molecular weight is 378 g/mol. The molecule has 28 heavy (non-hydrogen) atoms. The summed E-state index contributed by atoms with van der Waals surface area (Å²) in [5, 5.41) is 6.34. The molecule has 4 nitrogen and oxygen atoms in total. The fraction of sp³-hybridized carbons (Fsp3) is 0.375. The summed E-state index contributed by atoms with van der Waals surface area (Å²) in [6, 6.07) is 14.3. The molecular weight excluding hydrogens is 346 g/mol. The molecule has 1 fully saturated rings. The first-order valence-electron chi connectivity index (χ1n) is 10.2. The second-order valence-corrected chi connectivity index (χ2v) is 7.49. The van der Waals surface area contributed by atoms with Crippen molar-refractivity contribution in [3.8, 4) is 11.1 Å². The van der Waals surface area contributed by atoms with Crippen LogP contribution in [0.15, 0.2) is 54.7 Å². The van der Waals surface area contributed by atoms with Crippen LogP contribution in [0, 0.1) is 5.92 Å². The highest BCUT2D eigenvalue weighted by atomic mass is 16.1. The monoisotopic (exact) mass is 377 g/mol. The lowest BCUT2D eigenvalue weighted by Gasteiger charge is -2.26. The number of benzene rings is 2. The predicted molar refractivity (Wildman–Crippen MR) is 118 cm³/mol. The first-order valence-corrected chi connectivity index (χ1v) is 10.2. The molecule has 2 aromatic carbocycles. The quantitative estimate of drug-likeness (QED) is 0.750. The molecule has 4 heteroatoms. The number of aldehydes is 1. The number of anilines is 1. The minimum absolute atomic E-state index is 0.713. The molecule has 2 aliphatic heterocycles. The molecule has 1 saturated heterocycles. The van der Waals surface area contributed by atoms with Gasteiger partial charge in [-0.1, -0.05) is 43.8 Å². The summed E-state index contributed by atoms with van der Waals surface area (Å²) >= 11 is 0. The standard InChI is InChI=1S/C19H19NO.C5H12N2/c1-3-14(2)20-11-10-18-12-17(8-9-19(18)20)16-6-4-15(13-21)5-7-16;1-6-2-5-3-7-4-5/h4-9,12-13H,2-3,10-11H2,1H3;5-7H,2-4H2,1H3. The van der Waals surface area contributed by atoms with Gasteiger partial charge in [0.15, 0.2) is 0 Å². The highest BCUT2D eigenvalue weighted by Crippen LogP contribution is 2.34. The van der Waals surface area contributed by atoms with E-state index >= 15 is 0 Å². The fourth-order valence-corrected chi connectivity index (χ4v) is 3.64. The Bertz CT molecular complexity index is 809. The molecule has 4 rings (SSSR count). The van der Waals surface area contributed by atoms with E-state index in [2.05, 4.69) is 47.2 Å². The van der Waals surface area contributed by atoms with Crippen LogP contribution in [0.2, 0.25) is 0 Å². The van der Waals surface area contributed by atoms with E-state index in [4.69, 9.17) is 0 Å². The Morgan fingerprint density at radius 2 is 1.93 bits per heavy atom. The molecule has 2 heterocycles. The van der Waals surface area contributed by atoms with Gasteiger partial charge in [0.1, 0.15) is 6.29 Å². The maximum absolute atomic E-state index is 10.7. The minimum Gasteiger partial charge on any atom is -0.345 e. The maximum atomic E-state index is 10.7. The lowest BCUT2D eigenvalue weighted by atomic mass is 10.0. The molecule has 0 spiro atoms. The smallest absolute Gasteiger partial charge is 0.150 e. The normalized spacial score (nSPS) is 15.3. The van der Waals surface area contributed by atoms with Gasteiger partial charge >= 0.3 is 0 Å². The van der Waals surface area contributed by atoms with E-state index < -0.39 is 0 Å². The number of carbonyl (C=O) groups is 1. The summed E-state index contributed by atoms with van der Waals surface area (Å²) < 4.78 is 0. The second kappa shape index (κ2) is 9.67. The van der Waals surface area contributed by atoms with Gasteiger partial charge in [0.2, 0.25) is 0 Å². The number of hydrogen-bond donors (Lipinski definition) is 2. The largest absolute Gasteiger partial charge is 0.345 e. The maximum Gasteiger partial charge on any atom is 0.150 e. The van der Waals surface area contributed by atoms with Crippen molar-refractivity contribution in [3.63, 3.8) is 0 Å². The number of carbonyl (C=O) groups excluding carboxylic acids is 1. The molecule has 2 aromatic rings. The van der Waals surface area contributed by atoms with Gasteiger partial charge in [-0.2, -0.15) is 0 Å². The summed E-state index contributed by atoms with van der Waals surface area (Å²) in [6.45, 7) is 10.9. The molecule has 2 N–H and O–H groups in total. The molecule has 0 unspecified atom stereocenters. The fourth-order valence-electron chi connectivity index (χ4n) is 3.64. The summed E-state index contributed by atoms with van der Waals surface area (Å²) in [5.74, 6) is 0.907. The van der Waals surface area contributed by atoms with E-state index in [9.17, 15) is 4.79 Å². The Kier molecular flexibility index (Phi) is 7.01. The zero-order chi connectivity index (χ0) is 19.9. The number of allylic oxidation sites excluding steroid dienone is 1. The van der Waals surface area contributed by atoms with Crippen molar-refractivity contribution >= 4 is 12.0 Å². The predicted octanol–water partition coefficient (Wildman–Crippen LogP) is 3.88. The van der Waals surface area contributed by atoms with Crippen LogP contribution < -0.4 is 15.5 Å². The summed E-state index contributed by atoms with van der Waals surface area (Å²) in [7, 11) is 2.00. The Morgan fingerprint density at radius 3 is 2.46 bits per heavy atom. The zero-order valence-electron chi connectivity index (χ0n) is 17.0. The molecule has 2 aliphatic rings. The number of nitrogens with one attached hydrogen (secondary N) is 2. The van der Waals surface area contributed by atoms with E-state index in [1.54, 1.807) is 0 Å². The molecule has 0 bridgehead atoms. The molecule has 0 radical (unpaired) electrons. The first kappa shape index (κ1) is 20.3. The highest BCUT2D eigenvalue weighted by molar-refractivity contribution is 5.78. The summed E-state index contributed by atoms with van der Waals surface area (Å²) in [5.41, 5.74) is 6.91. The van der Waals surface area contributed by atoms with E-state index in [1.165, 1.54) is 42.1 Å². The van der Waals surface area contributed by atoms with E-state index in [1.807, 2.05) is 31.3 Å². The van der Waals surface area contributed by atoms with Crippen LogP contribution in [-0.4, -0.2) is 39.5 Å². The third-order valence-electron chi connectivity index (χ3n) is 5.50. The van der Waals surface area contributed by atoms with Gasteiger partial charge in [0.25, 0.3) is 0 Å². The van der Waals surface area contributed by atoms with Crippen LogP contribution in [0.5, 0.6) is 0 Å². The van der Waals surface area contributed by atoms with Gasteiger partial charge < -0.3 is 15.5 Å². The van der Waals surface area contributed by atoms with Crippen molar-refractivity contribution in [1.29, 1.82) is 0 Å². The zero-order valence-corrected chi connectivity index (χ0v) is 17.0. The van der Waals surface area contributed by atoms with Gasteiger partial charge in [-0.25, -0.2) is 0 Å². The van der Waals surface area contributed by atoms with E-state index in [-0.39, 0.29) is 0 Å². The van der Waals surface area contributed by atoms with Crippen molar-refractivity contribution in [2.24, 2.45) is 5.92 Å². The summed E-state index contributed by atoms with van der Waals surface area (Å²) in [6.07, 6.45) is 2.92. The number of nitrogens with zero attached hydrogens (tertiary/aromatic N) is 1. The lowest BCUT2D eigenvalue weighted by Crippen LogP contribution is -2.46. The molecule has 0 amide bonds. The van der Waals surface area contributed by atoms with Crippen LogP contribution in [0.4, 0.5) is 5.69 Å². The topological polar surface area (TPSA) is 44.4 Å². The van der Waals surface area contributed by atoms with Crippen molar-refractivity contribution in [3.05, 3.63) is 65.9 Å². The number of hydrogen-bond acceptors (Lipinski definition) is 4. The molecule has 0 aliphatic carbocycles. The Hall–Kier alpha value is -2.43. The summed E-state index contributed by atoms with van der Waals surface area (Å²) in [4.78, 5) is 13.0. The second-order valence-electron chi connectivity index (χ2n) is 7.49. The van der Waals surface area contributed by atoms with Crippen LogP contribution in [0.1, 0.15) is 29.3 Å². The average Bonchev–Trinajstić information content (AvgIpc) is 3.14. The Morgan fingerprint density at radius 1 is 1.21 bits per heavy atom. The van der Waals surface area contributed by atoms with Crippen molar-refractivity contribution < 1.29 is 4.79 Å². The molecule has 0 atom stereocenters. The third kappa shape index (κ3) is 4.70. The minimum atomic E-state index is 0.713. The van der Waals surface area contributed by atoms with Gasteiger partial charge in [-0.3, -0.25) is 4.79 Å². The van der Waals surface area contributed by atoms with Crippen molar-refractivity contribution in [2.75, 3.05) is 38.1 Å². The molecule has 0 saturated carbocycles. The molecule has 0 aromatic heterocycles. The number of fused-ring (bicyclic) bond motifs is 1. The van der Waals surface area contributed by atoms with Crippen molar-refractivity contribution in [2.45, 2.75) is 19.8 Å². The van der Waals surface area contributed by atoms with Crippen molar-refractivity contribution in [1.82, 2.24) is 10.6 Å². The molecular formula is C24H31N3O. The molecule has 148 valence electrons. The van der Waals surface area contributed by atoms with E-state index in [0.717, 1.165) is 37.2 Å². The van der Waals surface area contributed by atoms with Gasteiger partial charge in [0, 0.05) is 43.1 Å². The van der Waals surface area contributed by atoms with E-state index in [0.29, 0.717) is 5.56 Å². The Labute approximate surface area is 168 Å². The lowest BCUT2D eigenvalue weighted by molar-refractivity contribution is 0.112. The number of rotatable bonds is 6. The van der Waals surface area contributed by atoms with Gasteiger partial charge in [0.05, 0.1) is 0 Å². The highest BCUT2D eigenvalue weighted by Gasteiger charge is 2.20. The van der Waals surface area contributed by atoms with Gasteiger partial charge in [-0.05, 0) is 54.6 Å². The van der Waals surface area contributed by atoms with Crippen LogP contribution in [0.25, 0.3) is 11.1 Å². The van der Waals surface area contributed by atoms with Crippen LogP contribution in [0.3, 0.4) is 0 Å². The Balaban J connectivity index is 0.000000271. The first-order chi connectivity index (χ1) is 13.7.